The number of halogens is 1. The number of aliphatic imine (C=N–C) groups is 2. The second-order valence-corrected chi connectivity index (χ2v) is 37.4. The summed E-state index contributed by atoms with van der Waals surface area (Å²) in [5, 5.41) is 38.0. The monoisotopic (exact) mass is 1360 g/mol. The van der Waals surface area contributed by atoms with E-state index in [1.807, 2.05) is 12.1 Å². The molecule has 4 heterocycles. The van der Waals surface area contributed by atoms with Crippen LogP contribution in [0.4, 0.5) is 0 Å². The van der Waals surface area contributed by atoms with Crippen LogP contribution in [-0.2, 0) is 74.1 Å². The standard InChI is InChI=1S/C16H13.2C14H22O.C14H11.2C10H11NSi.ClH.2Zr/c1-12-10-14-8-5-9-15(16(14)11-12)13-6-3-2-4-7-13;2*1-13(2,3)10-7-8-12(15)11(9-10)14(4,5)6;1-10-8-12-7-6-11-4-2-3-5-13(11)14(12)9-10;2*1-6-10-9-7(11-6)4-5-8(9)12(10,2)3;;;/h2-11H,1H3;2*7-9,15H,1-6H3;2-9H,1H3;2*4-5H,1-3H3;1H;;/q-1;;;-1;;;;;/p-3. The van der Waals surface area contributed by atoms with Gasteiger partial charge in [-0.05, 0) is 90.5 Å². The molecule has 8 aromatic carbocycles. The van der Waals surface area contributed by atoms with Gasteiger partial charge in [0.1, 0.15) is 16.1 Å². The summed E-state index contributed by atoms with van der Waals surface area (Å²) in [6, 6.07) is 50.4. The first kappa shape index (κ1) is 70.8. The van der Waals surface area contributed by atoms with Crippen molar-refractivity contribution in [2.45, 2.75) is 159 Å². The number of allylic oxidation sites excluding steroid dienone is 8. The molecule has 0 atom stereocenters. The fraction of sp³-hybridized carbons (Fsp3) is 0.308. The minimum atomic E-state index is -1.17. The maximum atomic E-state index is 11.7. The molecule has 2 aliphatic carbocycles. The molecule has 450 valence electrons. The van der Waals surface area contributed by atoms with Crippen molar-refractivity contribution in [2.75, 3.05) is 0 Å². The SMILES string of the molecule is CC(C)(C)c1ccc([O-])c(C(C)(C)C)c1.CC(C)(C)c1ccc([O-])c(C(C)(C)C)c1.CC1=NC2=CC=C3C2=C1[Si]3(C)C.CC1=NC2=CC=C3C2=C1[Si]3(C)C.Cc1cc2c(-c3ccccc3)cccc2[cH-]1.Cc1cc2c(ccc3ccccc32)[cH-]1.[Cl-].[Zr].[Zr]. The zero-order valence-electron chi connectivity index (χ0n) is 55.3. The van der Waals surface area contributed by atoms with E-state index in [0.29, 0.717) is 0 Å². The average Bonchev–Trinajstić information content (AvgIpc) is 1.57. The molecule has 6 aliphatic rings. The van der Waals surface area contributed by atoms with Crippen molar-refractivity contribution in [3.05, 3.63) is 247 Å². The second kappa shape index (κ2) is 26.6. The topological polar surface area (TPSA) is 70.8 Å². The molecule has 9 heteroatoms. The van der Waals surface area contributed by atoms with Crippen LogP contribution in [0.2, 0.25) is 26.2 Å². The first-order valence-electron chi connectivity index (χ1n) is 30.1. The van der Waals surface area contributed by atoms with Gasteiger partial charge in [-0.1, -0.05) is 260 Å². The molecule has 0 spiro atoms. The normalized spacial score (nSPS) is 15.9. The Labute approximate surface area is 567 Å². The summed E-state index contributed by atoms with van der Waals surface area (Å²) >= 11 is 0. The molecule has 14 rings (SSSR count). The molecular formula is C78H88ClN2O2Si2Zr2-5. The second-order valence-electron chi connectivity index (χ2n) is 28.9. The van der Waals surface area contributed by atoms with E-state index in [1.165, 1.54) is 99.7 Å². The van der Waals surface area contributed by atoms with Gasteiger partial charge < -0.3 is 22.6 Å². The summed E-state index contributed by atoms with van der Waals surface area (Å²) in [4.78, 5) is 9.11. The van der Waals surface area contributed by atoms with Crippen molar-refractivity contribution >= 4 is 59.9 Å². The third-order valence-electron chi connectivity index (χ3n) is 17.3. The van der Waals surface area contributed by atoms with E-state index in [-0.39, 0.29) is 98.0 Å². The van der Waals surface area contributed by atoms with Gasteiger partial charge in [0, 0.05) is 75.0 Å². The number of aryl methyl sites for hydroxylation is 2. The van der Waals surface area contributed by atoms with E-state index in [9.17, 15) is 10.2 Å². The Morgan fingerprint density at radius 2 is 0.839 bits per heavy atom. The minimum absolute atomic E-state index is 0. The molecular weight excluding hydrogens is 1270 g/mol. The number of hydrogen-bond donors (Lipinski definition) is 0. The molecule has 4 aliphatic heterocycles. The zero-order chi connectivity index (χ0) is 61.2. The van der Waals surface area contributed by atoms with E-state index >= 15 is 0 Å². The van der Waals surface area contributed by atoms with Crippen molar-refractivity contribution in [2.24, 2.45) is 9.98 Å². The Balaban J connectivity index is 0.000000166. The van der Waals surface area contributed by atoms with Gasteiger partial charge in [-0.2, -0.15) is 12.1 Å². The van der Waals surface area contributed by atoms with E-state index in [0.717, 1.165) is 11.1 Å². The number of rotatable bonds is 1. The number of hydrogen-bond acceptors (Lipinski definition) is 4. The molecule has 0 bridgehead atoms. The maximum absolute atomic E-state index is 11.7. The minimum Gasteiger partial charge on any atom is -1.00 e. The van der Waals surface area contributed by atoms with Crippen LogP contribution in [-0.4, -0.2) is 27.6 Å². The van der Waals surface area contributed by atoms with Gasteiger partial charge >= 0.3 is 0 Å². The van der Waals surface area contributed by atoms with Crippen molar-refractivity contribution in [1.29, 1.82) is 0 Å². The molecule has 0 saturated heterocycles. The Morgan fingerprint density at radius 1 is 0.414 bits per heavy atom. The van der Waals surface area contributed by atoms with Crippen molar-refractivity contribution in [1.82, 2.24) is 0 Å². The first-order chi connectivity index (χ1) is 39.2. The van der Waals surface area contributed by atoms with Gasteiger partial charge in [0.15, 0.2) is 0 Å². The number of benzene rings is 6. The molecule has 0 radical (unpaired) electrons. The number of nitrogens with zero attached hydrogens (tertiary/aromatic N) is 2. The molecule has 0 aromatic heterocycles. The fourth-order valence-electron chi connectivity index (χ4n) is 12.7. The summed E-state index contributed by atoms with van der Waals surface area (Å²) in [6.45, 7) is 43.7. The third-order valence-corrected chi connectivity index (χ3v) is 24.6. The van der Waals surface area contributed by atoms with E-state index in [4.69, 9.17) is 0 Å². The van der Waals surface area contributed by atoms with Gasteiger partial charge in [-0.25, -0.2) is 0 Å². The van der Waals surface area contributed by atoms with Gasteiger partial charge in [0.05, 0.1) is 11.4 Å². The fourth-order valence-corrected chi connectivity index (χ4v) is 19.3. The van der Waals surface area contributed by atoms with E-state index < -0.39 is 16.1 Å². The Hall–Kier alpha value is -5.33. The van der Waals surface area contributed by atoms with Crippen molar-refractivity contribution < 1.29 is 75.0 Å². The summed E-state index contributed by atoms with van der Waals surface area (Å²) in [5.74, 6) is 0.297. The molecule has 0 amide bonds. The smallest absolute Gasteiger partial charge is 0.116 e. The molecule has 8 aromatic rings. The summed E-state index contributed by atoms with van der Waals surface area (Å²) in [6.07, 6.45) is 8.89. The Morgan fingerprint density at radius 3 is 1.29 bits per heavy atom. The van der Waals surface area contributed by atoms with Crippen LogP contribution < -0.4 is 22.6 Å². The van der Waals surface area contributed by atoms with Crippen LogP contribution in [0.3, 0.4) is 0 Å². The summed E-state index contributed by atoms with van der Waals surface area (Å²) in [7, 11) is -2.35. The molecule has 0 N–H and O–H groups in total. The molecule has 0 fully saturated rings. The molecule has 4 nitrogen and oxygen atoms in total. The third kappa shape index (κ3) is 14.6. The van der Waals surface area contributed by atoms with Crippen LogP contribution in [0.5, 0.6) is 11.5 Å². The van der Waals surface area contributed by atoms with Crippen LogP contribution in [0, 0.1) is 13.8 Å². The molecule has 0 unspecified atom stereocenters. The predicted molar refractivity (Wildman–Crippen MR) is 366 cm³/mol. The van der Waals surface area contributed by atoms with Crippen LogP contribution in [0.25, 0.3) is 43.4 Å². The summed E-state index contributed by atoms with van der Waals surface area (Å²) < 4.78 is 0. The Kier molecular flexibility index (Phi) is 21.7. The van der Waals surface area contributed by atoms with Gasteiger partial charge in [0.25, 0.3) is 0 Å². The van der Waals surface area contributed by atoms with Crippen LogP contribution >= 0.6 is 0 Å². The van der Waals surface area contributed by atoms with Crippen LogP contribution in [0.1, 0.15) is 130 Å². The van der Waals surface area contributed by atoms with Crippen molar-refractivity contribution in [3.8, 4) is 22.6 Å². The average molecular weight is 1360 g/mol. The summed E-state index contributed by atoms with van der Waals surface area (Å²) in [5.41, 5.74) is 17.6. The Bertz CT molecular complexity index is 4010. The quantitative estimate of drug-likeness (QED) is 0.121. The largest absolute Gasteiger partial charge is 1.00 e. The first-order valence-corrected chi connectivity index (χ1v) is 36.1. The van der Waals surface area contributed by atoms with Crippen LogP contribution in [0.15, 0.2) is 223 Å². The van der Waals surface area contributed by atoms with Crippen molar-refractivity contribution in [3.63, 3.8) is 0 Å². The predicted octanol–water partition coefficient (Wildman–Crippen LogP) is 17.0. The zero-order valence-corrected chi connectivity index (χ0v) is 62.9. The maximum Gasteiger partial charge on any atom is 0.116 e. The van der Waals surface area contributed by atoms with E-state index in [1.54, 1.807) is 32.9 Å². The molecule has 87 heavy (non-hydrogen) atoms. The number of fused-ring (bicyclic) bond motifs is 4. The van der Waals surface area contributed by atoms with E-state index in [2.05, 4.69) is 293 Å². The van der Waals surface area contributed by atoms with Gasteiger partial charge in [-0.15, -0.1) is 74.5 Å². The van der Waals surface area contributed by atoms with Gasteiger partial charge in [0.2, 0.25) is 0 Å². The van der Waals surface area contributed by atoms with Gasteiger partial charge in [-0.3, -0.25) is 9.98 Å². The molecule has 0 saturated carbocycles.